The van der Waals surface area contributed by atoms with Gasteiger partial charge in [0.15, 0.2) is 8.32 Å². The van der Waals surface area contributed by atoms with Gasteiger partial charge in [0.2, 0.25) is 0 Å². The zero-order valence-corrected chi connectivity index (χ0v) is 10.0. The van der Waals surface area contributed by atoms with E-state index in [9.17, 15) is 0 Å². The molecule has 0 radical (unpaired) electrons. The molecule has 60 valence electrons. The van der Waals surface area contributed by atoms with E-state index in [0.29, 0.717) is 0 Å². The van der Waals surface area contributed by atoms with Crippen molar-refractivity contribution in [1.29, 1.82) is 0 Å². The normalized spacial score (nSPS) is 12.8. The molecule has 0 spiro atoms. The first-order chi connectivity index (χ1) is 4.56. The number of hydrogen-bond donors (Lipinski definition) is 0. The minimum absolute atomic E-state index is 0.790. The number of halogens is 1. The van der Waals surface area contributed by atoms with Gasteiger partial charge >= 0.3 is 0 Å². The summed E-state index contributed by atoms with van der Waals surface area (Å²) in [5.74, 6) is 0. The summed E-state index contributed by atoms with van der Waals surface area (Å²) in [5.41, 5.74) is 0. The molecular formula is C7H15IOSi. The lowest BCUT2D eigenvalue weighted by Crippen LogP contribution is -2.25. The van der Waals surface area contributed by atoms with Crippen molar-refractivity contribution in [3.05, 3.63) is 12.2 Å². The Labute approximate surface area is 78.1 Å². The lowest BCUT2D eigenvalue weighted by molar-refractivity contribution is 0.357. The molecule has 0 saturated heterocycles. The van der Waals surface area contributed by atoms with Gasteiger partial charge in [0.25, 0.3) is 0 Å². The summed E-state index contributed by atoms with van der Waals surface area (Å²) < 4.78 is 6.66. The third kappa shape index (κ3) is 8.65. The highest BCUT2D eigenvalue weighted by Crippen LogP contribution is 2.01. The minimum atomic E-state index is -1.26. The van der Waals surface area contributed by atoms with Gasteiger partial charge in [-0.25, -0.2) is 0 Å². The second kappa shape index (κ2) is 5.32. The van der Waals surface area contributed by atoms with Crippen LogP contribution in [-0.2, 0) is 4.43 Å². The lowest BCUT2D eigenvalue weighted by atomic mass is 10.6. The van der Waals surface area contributed by atoms with Crippen LogP contribution < -0.4 is 0 Å². The Kier molecular flexibility index (Phi) is 5.66. The van der Waals surface area contributed by atoms with Gasteiger partial charge in [0, 0.05) is 4.43 Å². The van der Waals surface area contributed by atoms with E-state index < -0.39 is 8.32 Å². The summed E-state index contributed by atoms with van der Waals surface area (Å²) in [6.07, 6.45) is 4.21. The molecule has 0 aromatic carbocycles. The van der Waals surface area contributed by atoms with Crippen molar-refractivity contribution in [2.24, 2.45) is 0 Å². The highest BCUT2D eigenvalue weighted by Gasteiger charge is 2.11. The first-order valence-corrected chi connectivity index (χ1v) is 8.34. The predicted molar refractivity (Wildman–Crippen MR) is 57.3 cm³/mol. The van der Waals surface area contributed by atoms with Crippen LogP contribution in [0, 0.1) is 0 Å². The zero-order valence-electron chi connectivity index (χ0n) is 6.86. The van der Waals surface area contributed by atoms with Crippen LogP contribution in [0.15, 0.2) is 12.2 Å². The van der Waals surface area contributed by atoms with E-state index in [4.69, 9.17) is 4.43 Å². The SMILES string of the molecule is C[Si](C)(C)OCC=CCI. The van der Waals surface area contributed by atoms with Gasteiger partial charge in [-0.2, -0.15) is 0 Å². The van der Waals surface area contributed by atoms with Gasteiger partial charge in [0.1, 0.15) is 0 Å². The summed E-state index contributed by atoms with van der Waals surface area (Å²) in [7, 11) is -1.26. The molecule has 0 amide bonds. The fourth-order valence-electron chi connectivity index (χ4n) is 0.429. The average molecular weight is 270 g/mol. The van der Waals surface area contributed by atoms with Crippen molar-refractivity contribution in [1.82, 2.24) is 0 Å². The van der Waals surface area contributed by atoms with Crippen LogP contribution in [0.25, 0.3) is 0 Å². The predicted octanol–water partition coefficient (Wildman–Crippen LogP) is 2.83. The van der Waals surface area contributed by atoms with Crippen molar-refractivity contribution in [2.75, 3.05) is 11.0 Å². The van der Waals surface area contributed by atoms with E-state index >= 15 is 0 Å². The van der Waals surface area contributed by atoms with Gasteiger partial charge < -0.3 is 4.43 Å². The van der Waals surface area contributed by atoms with Crippen molar-refractivity contribution in [2.45, 2.75) is 19.6 Å². The molecule has 0 unspecified atom stereocenters. The van der Waals surface area contributed by atoms with E-state index in [1.165, 1.54) is 0 Å². The van der Waals surface area contributed by atoms with Gasteiger partial charge in [-0.1, -0.05) is 34.7 Å². The first-order valence-electron chi connectivity index (χ1n) is 3.41. The van der Waals surface area contributed by atoms with Crippen LogP contribution in [0.4, 0.5) is 0 Å². The lowest BCUT2D eigenvalue weighted by Gasteiger charge is -2.14. The largest absolute Gasteiger partial charge is 0.414 e. The van der Waals surface area contributed by atoms with Gasteiger partial charge in [-0.05, 0) is 19.6 Å². The number of allylic oxidation sites excluding steroid dienone is 1. The fourth-order valence-corrected chi connectivity index (χ4v) is 1.38. The highest BCUT2D eigenvalue weighted by atomic mass is 127. The van der Waals surface area contributed by atoms with Crippen molar-refractivity contribution >= 4 is 30.9 Å². The maximum atomic E-state index is 5.58. The topological polar surface area (TPSA) is 9.23 Å². The second-order valence-electron chi connectivity index (χ2n) is 3.05. The smallest absolute Gasteiger partial charge is 0.184 e. The molecule has 1 nitrogen and oxygen atoms in total. The van der Waals surface area contributed by atoms with Crippen LogP contribution in [0.5, 0.6) is 0 Å². The molecule has 0 fully saturated rings. The number of rotatable bonds is 4. The molecule has 0 aliphatic rings. The quantitative estimate of drug-likeness (QED) is 0.330. The van der Waals surface area contributed by atoms with Crippen LogP contribution in [-0.4, -0.2) is 19.4 Å². The Balaban J connectivity index is 3.28. The Hall–Kier alpha value is 0.647. The minimum Gasteiger partial charge on any atom is -0.414 e. The third-order valence-electron chi connectivity index (χ3n) is 0.868. The van der Waals surface area contributed by atoms with Crippen LogP contribution in [0.3, 0.4) is 0 Å². The van der Waals surface area contributed by atoms with Gasteiger partial charge in [-0.3, -0.25) is 0 Å². The molecule has 0 aromatic rings. The van der Waals surface area contributed by atoms with Crippen molar-refractivity contribution in [3.63, 3.8) is 0 Å². The molecular weight excluding hydrogens is 255 g/mol. The van der Waals surface area contributed by atoms with Crippen molar-refractivity contribution in [3.8, 4) is 0 Å². The summed E-state index contributed by atoms with van der Waals surface area (Å²) in [5, 5.41) is 0. The third-order valence-corrected chi connectivity index (χ3v) is 2.41. The summed E-state index contributed by atoms with van der Waals surface area (Å²) in [6.45, 7) is 7.39. The average Bonchev–Trinajstić information content (AvgIpc) is 1.78. The number of alkyl halides is 1. The monoisotopic (exact) mass is 270 g/mol. The van der Waals surface area contributed by atoms with E-state index in [2.05, 4.69) is 54.4 Å². The molecule has 0 rings (SSSR count). The van der Waals surface area contributed by atoms with Crippen LogP contribution in [0.2, 0.25) is 19.6 Å². The van der Waals surface area contributed by atoms with E-state index in [-0.39, 0.29) is 0 Å². The molecule has 0 N–H and O–H groups in total. The number of hydrogen-bond acceptors (Lipinski definition) is 1. The molecule has 0 atom stereocenters. The standard InChI is InChI=1S/C7H15IOSi/c1-10(2,3)9-7-5-4-6-8/h4-5H,6-7H2,1-3H3. The molecule has 3 heteroatoms. The fraction of sp³-hybridized carbons (Fsp3) is 0.714. The molecule has 10 heavy (non-hydrogen) atoms. The first kappa shape index (κ1) is 10.6. The molecule has 0 bridgehead atoms. The van der Waals surface area contributed by atoms with E-state index in [0.717, 1.165) is 11.0 Å². The highest BCUT2D eigenvalue weighted by molar-refractivity contribution is 14.1. The summed E-state index contributed by atoms with van der Waals surface area (Å²) in [4.78, 5) is 0. The van der Waals surface area contributed by atoms with Gasteiger partial charge in [0.05, 0.1) is 6.61 Å². The van der Waals surface area contributed by atoms with Crippen LogP contribution in [0.1, 0.15) is 0 Å². The molecule has 0 aliphatic carbocycles. The van der Waals surface area contributed by atoms with Crippen molar-refractivity contribution < 1.29 is 4.43 Å². The zero-order chi connectivity index (χ0) is 8.04. The molecule has 0 aromatic heterocycles. The van der Waals surface area contributed by atoms with Gasteiger partial charge in [-0.15, -0.1) is 0 Å². The summed E-state index contributed by atoms with van der Waals surface area (Å²) in [6, 6.07) is 0. The Morgan fingerprint density at radius 2 is 1.90 bits per heavy atom. The second-order valence-corrected chi connectivity index (χ2v) is 8.44. The Morgan fingerprint density at radius 1 is 1.30 bits per heavy atom. The molecule has 0 aliphatic heterocycles. The molecule has 0 saturated carbocycles. The Morgan fingerprint density at radius 3 is 2.30 bits per heavy atom. The Bertz CT molecular complexity index is 107. The van der Waals surface area contributed by atoms with E-state index in [1.807, 2.05) is 0 Å². The van der Waals surface area contributed by atoms with E-state index in [1.54, 1.807) is 0 Å². The maximum absolute atomic E-state index is 5.58. The summed E-state index contributed by atoms with van der Waals surface area (Å²) >= 11 is 2.32. The molecule has 0 heterocycles. The van der Waals surface area contributed by atoms with Crippen LogP contribution >= 0.6 is 22.6 Å². The maximum Gasteiger partial charge on any atom is 0.184 e.